The zero-order valence-electron chi connectivity index (χ0n) is 15.5. The third kappa shape index (κ3) is 4.69. The van der Waals surface area contributed by atoms with E-state index in [2.05, 4.69) is 10.3 Å². The molecule has 0 saturated carbocycles. The molecule has 0 spiro atoms. The fourth-order valence-electron chi connectivity index (χ4n) is 2.52. The van der Waals surface area contributed by atoms with E-state index in [0.29, 0.717) is 27.4 Å². The molecule has 1 N–H and O–H groups in total. The Morgan fingerprint density at radius 3 is 2.76 bits per heavy atom. The van der Waals surface area contributed by atoms with Crippen molar-refractivity contribution in [3.63, 3.8) is 0 Å². The first-order valence-electron chi connectivity index (χ1n) is 8.25. The molecule has 0 fully saturated rings. The number of carbonyl (C=O) groups is 2. The van der Waals surface area contributed by atoms with E-state index in [1.807, 2.05) is 0 Å². The van der Waals surface area contributed by atoms with Crippen molar-refractivity contribution in [3.05, 3.63) is 40.0 Å². The van der Waals surface area contributed by atoms with Crippen molar-refractivity contribution in [1.82, 2.24) is 9.55 Å². The van der Waals surface area contributed by atoms with Crippen molar-refractivity contribution < 1.29 is 24.2 Å². The van der Waals surface area contributed by atoms with E-state index in [4.69, 9.17) is 9.47 Å². The maximum Gasteiger partial charge on any atom is 0.272 e. The second-order valence-corrected chi connectivity index (χ2v) is 7.55. The van der Waals surface area contributed by atoms with Crippen LogP contribution in [-0.2, 0) is 16.1 Å². The first kappa shape index (κ1) is 20.7. The highest BCUT2D eigenvalue weighted by Gasteiger charge is 2.15. The number of aromatic nitrogens is 2. The van der Waals surface area contributed by atoms with Crippen LogP contribution in [0.1, 0.15) is 0 Å². The summed E-state index contributed by atoms with van der Waals surface area (Å²) in [6.07, 6.45) is 0. The number of fused-ring (bicyclic) bond motifs is 1. The van der Waals surface area contributed by atoms with E-state index in [-0.39, 0.29) is 16.8 Å². The SMILES string of the molecule is COc1ccc(NC(=O)CSc2nc3ccsc3c(=O)n2CC(=O)[O-])c(OC)c1. The number of nitrogens with one attached hydrogen (secondary N) is 1. The number of carbonyl (C=O) groups excluding carboxylic acids is 2. The summed E-state index contributed by atoms with van der Waals surface area (Å²) in [5.41, 5.74) is 0.426. The highest BCUT2D eigenvalue weighted by molar-refractivity contribution is 7.99. The molecule has 0 atom stereocenters. The highest BCUT2D eigenvalue weighted by atomic mass is 32.2. The minimum Gasteiger partial charge on any atom is -0.548 e. The summed E-state index contributed by atoms with van der Waals surface area (Å²) in [4.78, 5) is 40.3. The molecule has 0 bridgehead atoms. The summed E-state index contributed by atoms with van der Waals surface area (Å²) in [6, 6.07) is 6.61. The second-order valence-electron chi connectivity index (χ2n) is 5.70. The molecule has 0 unspecified atom stereocenters. The van der Waals surface area contributed by atoms with Crippen molar-refractivity contribution in [3.8, 4) is 11.5 Å². The molecule has 0 aliphatic carbocycles. The number of carboxylic acid groups (broad SMARTS) is 1. The standard InChI is InChI=1S/C18H17N3O6S2/c1-26-10-3-4-11(13(7-10)27-2)19-14(22)9-29-18-20-12-5-6-28-16(12)17(25)21(18)8-15(23)24/h3-7H,8-9H2,1-2H3,(H,19,22)(H,23,24)/p-1. The first-order valence-corrected chi connectivity index (χ1v) is 10.1. The molecule has 152 valence electrons. The van der Waals surface area contributed by atoms with E-state index in [1.165, 1.54) is 25.6 Å². The second kappa shape index (κ2) is 8.97. The van der Waals surface area contributed by atoms with Gasteiger partial charge in [0, 0.05) is 6.07 Å². The molecule has 3 aromatic rings. The van der Waals surface area contributed by atoms with Crippen LogP contribution >= 0.6 is 23.1 Å². The molecule has 0 aliphatic heterocycles. The maximum atomic E-state index is 12.5. The Hall–Kier alpha value is -3.05. The van der Waals surface area contributed by atoms with Crippen LogP contribution in [0.15, 0.2) is 39.6 Å². The summed E-state index contributed by atoms with van der Waals surface area (Å²) >= 11 is 2.13. The number of rotatable bonds is 8. The number of hydrogen-bond donors (Lipinski definition) is 1. The molecular weight excluding hydrogens is 418 g/mol. The first-order chi connectivity index (χ1) is 13.9. The third-order valence-electron chi connectivity index (χ3n) is 3.83. The Bertz CT molecular complexity index is 1120. The van der Waals surface area contributed by atoms with Crippen LogP contribution < -0.4 is 25.5 Å². The van der Waals surface area contributed by atoms with Gasteiger partial charge in [-0.1, -0.05) is 11.8 Å². The van der Waals surface area contributed by atoms with Gasteiger partial charge < -0.3 is 24.7 Å². The van der Waals surface area contributed by atoms with Crippen LogP contribution in [-0.4, -0.2) is 41.4 Å². The lowest BCUT2D eigenvalue weighted by Crippen LogP contribution is -2.34. The van der Waals surface area contributed by atoms with Crippen LogP contribution in [0, 0.1) is 0 Å². The zero-order chi connectivity index (χ0) is 21.0. The van der Waals surface area contributed by atoms with E-state index in [9.17, 15) is 19.5 Å². The molecule has 29 heavy (non-hydrogen) atoms. The molecule has 0 radical (unpaired) electrons. The number of aliphatic carboxylic acids is 1. The predicted molar refractivity (Wildman–Crippen MR) is 108 cm³/mol. The van der Waals surface area contributed by atoms with Crippen molar-refractivity contribution in [2.45, 2.75) is 11.7 Å². The molecule has 11 heteroatoms. The molecule has 1 amide bonds. The number of nitrogens with zero attached hydrogens (tertiary/aromatic N) is 2. The van der Waals surface area contributed by atoms with Gasteiger partial charge in [-0.3, -0.25) is 14.2 Å². The number of carboxylic acids is 1. The van der Waals surface area contributed by atoms with Crippen molar-refractivity contribution in [2.24, 2.45) is 0 Å². The normalized spacial score (nSPS) is 10.7. The summed E-state index contributed by atoms with van der Waals surface area (Å²) in [5.74, 6) is -0.884. The van der Waals surface area contributed by atoms with E-state index >= 15 is 0 Å². The van der Waals surface area contributed by atoms with Gasteiger partial charge in [-0.15, -0.1) is 11.3 Å². The molecule has 3 rings (SSSR count). The average Bonchev–Trinajstić information content (AvgIpc) is 3.17. The van der Waals surface area contributed by atoms with Crippen LogP contribution in [0.5, 0.6) is 11.5 Å². The smallest absolute Gasteiger partial charge is 0.272 e. The van der Waals surface area contributed by atoms with Gasteiger partial charge in [-0.25, -0.2) is 4.98 Å². The van der Waals surface area contributed by atoms with Crippen molar-refractivity contribution in [2.75, 3.05) is 25.3 Å². The van der Waals surface area contributed by atoms with Gasteiger partial charge in [0.05, 0.1) is 43.7 Å². The maximum absolute atomic E-state index is 12.5. The minimum atomic E-state index is -1.42. The number of methoxy groups -OCH3 is 2. The van der Waals surface area contributed by atoms with Gasteiger partial charge in [0.25, 0.3) is 5.56 Å². The molecule has 9 nitrogen and oxygen atoms in total. The lowest BCUT2D eigenvalue weighted by atomic mass is 10.2. The average molecular weight is 434 g/mol. The fourth-order valence-corrected chi connectivity index (χ4v) is 4.10. The molecule has 2 aromatic heterocycles. The van der Waals surface area contributed by atoms with Crippen LogP contribution in [0.2, 0.25) is 0 Å². The summed E-state index contributed by atoms with van der Waals surface area (Å²) in [6.45, 7) is -0.643. The van der Waals surface area contributed by atoms with Gasteiger partial charge in [-0.05, 0) is 23.6 Å². The fraction of sp³-hybridized carbons (Fsp3) is 0.222. The topological polar surface area (TPSA) is 123 Å². The van der Waals surface area contributed by atoms with Gasteiger partial charge in [0.2, 0.25) is 5.91 Å². The van der Waals surface area contributed by atoms with Gasteiger partial charge in [-0.2, -0.15) is 0 Å². The number of thioether (sulfide) groups is 1. The Morgan fingerprint density at radius 2 is 2.07 bits per heavy atom. The zero-order valence-corrected chi connectivity index (χ0v) is 17.1. The lowest BCUT2D eigenvalue weighted by molar-refractivity contribution is -0.306. The molecule has 2 heterocycles. The summed E-state index contributed by atoms with van der Waals surface area (Å²) < 4.78 is 11.7. The van der Waals surface area contributed by atoms with E-state index in [0.717, 1.165) is 16.3 Å². The number of amides is 1. The van der Waals surface area contributed by atoms with Crippen LogP contribution in [0.3, 0.4) is 0 Å². The van der Waals surface area contributed by atoms with Crippen molar-refractivity contribution in [1.29, 1.82) is 0 Å². The molecule has 0 aliphatic rings. The van der Waals surface area contributed by atoms with E-state index < -0.39 is 18.1 Å². The predicted octanol–water partition coefficient (Wildman–Crippen LogP) is 0.956. The monoisotopic (exact) mass is 434 g/mol. The quantitative estimate of drug-likeness (QED) is 0.411. The lowest BCUT2D eigenvalue weighted by Gasteiger charge is -2.13. The number of thiophene rings is 1. The number of ether oxygens (including phenoxy) is 2. The summed E-state index contributed by atoms with van der Waals surface area (Å²) in [7, 11) is 2.99. The Morgan fingerprint density at radius 1 is 1.28 bits per heavy atom. The number of hydrogen-bond acceptors (Lipinski definition) is 9. The highest BCUT2D eigenvalue weighted by Crippen LogP contribution is 2.29. The number of anilines is 1. The van der Waals surface area contributed by atoms with E-state index in [1.54, 1.807) is 29.6 Å². The largest absolute Gasteiger partial charge is 0.548 e. The van der Waals surface area contributed by atoms with Gasteiger partial charge in [0.15, 0.2) is 5.16 Å². The minimum absolute atomic E-state index is 0.0929. The summed E-state index contributed by atoms with van der Waals surface area (Å²) in [5, 5.41) is 15.6. The van der Waals surface area contributed by atoms with Crippen LogP contribution in [0.4, 0.5) is 5.69 Å². The van der Waals surface area contributed by atoms with Crippen molar-refractivity contribution >= 4 is 50.9 Å². The molecular formula is C18H16N3O6S2-. The Labute approximate surface area is 173 Å². The molecule has 1 aromatic carbocycles. The number of benzene rings is 1. The molecule has 0 saturated heterocycles. The van der Waals surface area contributed by atoms with Crippen LogP contribution in [0.25, 0.3) is 10.2 Å². The van der Waals surface area contributed by atoms with Gasteiger partial charge >= 0.3 is 0 Å². The third-order valence-corrected chi connectivity index (χ3v) is 5.70. The van der Waals surface area contributed by atoms with Gasteiger partial charge in [0.1, 0.15) is 16.2 Å². The Kier molecular flexibility index (Phi) is 6.39. The Balaban J connectivity index is 1.79.